The molecule has 0 fully saturated rings. The summed E-state index contributed by atoms with van der Waals surface area (Å²) in [5, 5.41) is 8.89. The number of carbonyl (C=O) groups is 2. The number of ether oxygens (including phenoxy) is 2. The second-order valence-corrected chi connectivity index (χ2v) is 2.90. The minimum atomic E-state index is -0.793. The van der Waals surface area contributed by atoms with Crippen molar-refractivity contribution >= 4 is 11.9 Å². The largest absolute Gasteiger partial charge is 0.515 e. The molecule has 0 aromatic heterocycles. The van der Waals surface area contributed by atoms with Crippen LogP contribution in [-0.4, -0.2) is 31.3 Å². The number of esters is 2. The van der Waals surface area contributed by atoms with Gasteiger partial charge in [0.05, 0.1) is 26.1 Å². The number of allylic oxidation sites excluding steroid dienone is 1. The molecule has 0 saturated carbocycles. The van der Waals surface area contributed by atoms with E-state index < -0.39 is 11.9 Å². The molecule has 0 aliphatic carbocycles. The first-order chi connectivity index (χ1) is 6.99. The quantitative estimate of drug-likeness (QED) is 0.330. The third-order valence-electron chi connectivity index (χ3n) is 1.69. The third kappa shape index (κ3) is 3.12. The van der Waals surface area contributed by atoms with Crippen LogP contribution in [-0.2, 0) is 19.1 Å². The van der Waals surface area contributed by atoms with Gasteiger partial charge in [0.2, 0.25) is 0 Å². The molecule has 5 heteroatoms. The van der Waals surface area contributed by atoms with E-state index in [0.717, 1.165) is 7.11 Å². The lowest BCUT2D eigenvalue weighted by molar-refractivity contribution is -0.139. The van der Waals surface area contributed by atoms with Crippen LogP contribution in [0.15, 0.2) is 23.0 Å². The van der Waals surface area contributed by atoms with Crippen LogP contribution in [0.5, 0.6) is 0 Å². The summed E-state index contributed by atoms with van der Waals surface area (Å²) in [5.74, 6) is -1.49. The van der Waals surface area contributed by atoms with E-state index in [4.69, 9.17) is 5.11 Å². The van der Waals surface area contributed by atoms with E-state index in [1.165, 1.54) is 7.11 Å². The highest BCUT2D eigenvalue weighted by Gasteiger charge is 2.23. The van der Waals surface area contributed by atoms with Gasteiger partial charge in [0.25, 0.3) is 0 Å². The molecular weight excluding hydrogens is 200 g/mol. The van der Waals surface area contributed by atoms with Crippen LogP contribution in [0, 0.1) is 0 Å². The Hall–Kier alpha value is -1.78. The molecule has 0 amide bonds. The zero-order chi connectivity index (χ0) is 12.0. The van der Waals surface area contributed by atoms with Gasteiger partial charge in [-0.1, -0.05) is 5.57 Å². The number of hydrogen-bond donors (Lipinski definition) is 1. The Bertz CT molecular complexity index is 321. The summed E-state index contributed by atoms with van der Waals surface area (Å²) >= 11 is 0. The van der Waals surface area contributed by atoms with Crippen LogP contribution in [0.2, 0.25) is 0 Å². The van der Waals surface area contributed by atoms with Crippen molar-refractivity contribution in [1.82, 2.24) is 0 Å². The van der Waals surface area contributed by atoms with E-state index in [1.54, 1.807) is 13.8 Å². The van der Waals surface area contributed by atoms with E-state index in [1.807, 2.05) is 0 Å². The van der Waals surface area contributed by atoms with Crippen LogP contribution in [0.25, 0.3) is 0 Å². The molecule has 0 aliphatic heterocycles. The number of aliphatic hydroxyl groups is 1. The van der Waals surface area contributed by atoms with Crippen LogP contribution in [0.1, 0.15) is 13.8 Å². The van der Waals surface area contributed by atoms with Gasteiger partial charge < -0.3 is 14.6 Å². The summed E-state index contributed by atoms with van der Waals surface area (Å²) in [7, 11) is 2.35. The highest BCUT2D eigenvalue weighted by molar-refractivity contribution is 6.07. The van der Waals surface area contributed by atoms with Crippen molar-refractivity contribution < 1.29 is 24.2 Å². The summed E-state index contributed by atoms with van der Waals surface area (Å²) in [6.07, 6.45) is 0.533. The van der Waals surface area contributed by atoms with Gasteiger partial charge in [0, 0.05) is 0 Å². The molecule has 0 saturated heterocycles. The van der Waals surface area contributed by atoms with Crippen molar-refractivity contribution in [3.05, 3.63) is 23.0 Å². The number of hydrogen-bond acceptors (Lipinski definition) is 5. The fourth-order valence-electron chi connectivity index (χ4n) is 1.01. The fourth-order valence-corrected chi connectivity index (χ4v) is 1.01. The first-order valence-electron chi connectivity index (χ1n) is 4.18. The van der Waals surface area contributed by atoms with Gasteiger partial charge in [-0.2, -0.15) is 0 Å². The molecule has 0 aromatic carbocycles. The summed E-state index contributed by atoms with van der Waals surface area (Å²) in [6.45, 7) is 3.25. The highest BCUT2D eigenvalue weighted by Crippen LogP contribution is 2.17. The lowest BCUT2D eigenvalue weighted by Crippen LogP contribution is -2.16. The summed E-state index contributed by atoms with van der Waals surface area (Å²) in [5.41, 5.74) is 0.337. The highest BCUT2D eigenvalue weighted by atomic mass is 16.5. The van der Waals surface area contributed by atoms with Crippen LogP contribution in [0.3, 0.4) is 0 Å². The van der Waals surface area contributed by atoms with Crippen molar-refractivity contribution in [2.45, 2.75) is 13.8 Å². The summed E-state index contributed by atoms with van der Waals surface area (Å²) in [6, 6.07) is 0. The van der Waals surface area contributed by atoms with Gasteiger partial charge in [-0.15, -0.1) is 0 Å². The van der Waals surface area contributed by atoms with Gasteiger partial charge in [0.15, 0.2) is 0 Å². The Kier molecular flexibility index (Phi) is 5.15. The van der Waals surface area contributed by atoms with Crippen LogP contribution < -0.4 is 0 Å². The van der Waals surface area contributed by atoms with Crippen molar-refractivity contribution in [3.63, 3.8) is 0 Å². The van der Waals surface area contributed by atoms with Crippen molar-refractivity contribution in [2.75, 3.05) is 14.2 Å². The normalized spacial score (nSPS) is 10.5. The van der Waals surface area contributed by atoms with E-state index >= 15 is 0 Å². The van der Waals surface area contributed by atoms with Crippen molar-refractivity contribution in [1.29, 1.82) is 0 Å². The molecule has 84 valence electrons. The molecule has 0 bridgehead atoms. The third-order valence-corrected chi connectivity index (χ3v) is 1.69. The number of aliphatic hydroxyl groups excluding tert-OH is 1. The minimum Gasteiger partial charge on any atom is -0.515 e. The molecule has 0 spiro atoms. The Morgan fingerprint density at radius 3 is 1.80 bits per heavy atom. The van der Waals surface area contributed by atoms with Gasteiger partial charge in [-0.05, 0) is 13.8 Å². The fraction of sp³-hybridized carbons (Fsp3) is 0.400. The Morgan fingerprint density at radius 1 is 1.07 bits per heavy atom. The molecule has 5 nitrogen and oxygen atoms in total. The Balaban J connectivity index is 5.37. The first-order valence-corrected chi connectivity index (χ1v) is 4.18. The molecule has 15 heavy (non-hydrogen) atoms. The maximum atomic E-state index is 11.3. The predicted molar refractivity (Wildman–Crippen MR) is 53.1 cm³/mol. The second kappa shape index (κ2) is 5.85. The van der Waals surface area contributed by atoms with Crippen molar-refractivity contribution in [3.8, 4) is 0 Å². The lowest BCUT2D eigenvalue weighted by Gasteiger charge is -2.09. The van der Waals surface area contributed by atoms with Gasteiger partial charge in [-0.25, -0.2) is 9.59 Å². The molecular formula is C10H14O5. The average Bonchev–Trinajstić information content (AvgIpc) is 2.22. The summed E-state index contributed by atoms with van der Waals surface area (Å²) < 4.78 is 8.91. The maximum Gasteiger partial charge on any atom is 0.341 e. The van der Waals surface area contributed by atoms with Gasteiger partial charge in [0.1, 0.15) is 5.57 Å². The van der Waals surface area contributed by atoms with E-state index in [2.05, 4.69) is 9.47 Å². The predicted octanol–water partition coefficient (Wildman–Crippen LogP) is 1.11. The SMILES string of the molecule is COC(=O)C(=C(C)C)/C(=C\O)C(=O)OC. The van der Waals surface area contributed by atoms with Crippen molar-refractivity contribution in [2.24, 2.45) is 0 Å². The van der Waals surface area contributed by atoms with Crippen LogP contribution in [0.4, 0.5) is 0 Å². The van der Waals surface area contributed by atoms with E-state index in [0.29, 0.717) is 11.8 Å². The number of carbonyl (C=O) groups excluding carboxylic acids is 2. The molecule has 0 atom stereocenters. The first kappa shape index (κ1) is 13.2. The molecule has 0 rings (SSSR count). The molecule has 0 unspecified atom stereocenters. The standard InChI is InChI=1S/C10H14O5/c1-6(2)8(10(13)15-4)7(5-11)9(12)14-3/h5,11H,1-4H3/b7-5+. The number of rotatable bonds is 3. The maximum absolute atomic E-state index is 11.3. The molecule has 0 radical (unpaired) electrons. The lowest BCUT2D eigenvalue weighted by atomic mass is 10.0. The Morgan fingerprint density at radius 2 is 1.53 bits per heavy atom. The van der Waals surface area contributed by atoms with Gasteiger partial charge in [-0.3, -0.25) is 0 Å². The average molecular weight is 214 g/mol. The minimum absolute atomic E-state index is 0.00634. The molecule has 0 aromatic rings. The second-order valence-electron chi connectivity index (χ2n) is 2.90. The van der Waals surface area contributed by atoms with E-state index in [9.17, 15) is 9.59 Å². The van der Waals surface area contributed by atoms with Gasteiger partial charge >= 0.3 is 11.9 Å². The smallest absolute Gasteiger partial charge is 0.341 e. The Labute approximate surface area is 88.0 Å². The summed E-state index contributed by atoms with van der Waals surface area (Å²) in [4.78, 5) is 22.6. The monoisotopic (exact) mass is 214 g/mol. The molecule has 0 heterocycles. The van der Waals surface area contributed by atoms with Crippen LogP contribution >= 0.6 is 0 Å². The zero-order valence-electron chi connectivity index (χ0n) is 9.16. The van der Waals surface area contributed by atoms with E-state index in [-0.39, 0.29) is 11.1 Å². The molecule has 1 N–H and O–H groups in total. The number of methoxy groups -OCH3 is 2. The molecule has 0 aliphatic rings. The topological polar surface area (TPSA) is 72.8 Å². The zero-order valence-corrected chi connectivity index (χ0v) is 9.16.